The van der Waals surface area contributed by atoms with Gasteiger partial charge >= 0.3 is 5.97 Å². The first-order chi connectivity index (χ1) is 9.95. The molecule has 6 heteroatoms. The number of halogens is 2. The van der Waals surface area contributed by atoms with Crippen LogP contribution in [0.15, 0.2) is 30.3 Å². The fourth-order valence-electron chi connectivity index (χ4n) is 2.63. The number of aliphatic carboxylic acids is 1. The molecule has 1 fully saturated rings. The lowest BCUT2D eigenvalue weighted by atomic mass is 10.0. The molecular formula is C15H19F2NO3. The molecule has 1 aliphatic heterocycles. The van der Waals surface area contributed by atoms with E-state index in [1.54, 1.807) is 25.1 Å². The van der Waals surface area contributed by atoms with Gasteiger partial charge < -0.3 is 9.84 Å². The van der Waals surface area contributed by atoms with Crippen molar-refractivity contribution in [3.8, 4) is 0 Å². The summed E-state index contributed by atoms with van der Waals surface area (Å²) >= 11 is 0. The Morgan fingerprint density at radius 3 is 2.62 bits per heavy atom. The van der Waals surface area contributed by atoms with E-state index in [1.165, 1.54) is 17.0 Å². The summed E-state index contributed by atoms with van der Waals surface area (Å²) in [4.78, 5) is 12.7. The van der Waals surface area contributed by atoms with E-state index in [2.05, 4.69) is 0 Å². The molecule has 2 unspecified atom stereocenters. The summed E-state index contributed by atoms with van der Waals surface area (Å²) in [5, 5.41) is 9.15. The quantitative estimate of drug-likeness (QED) is 0.875. The van der Waals surface area contributed by atoms with Gasteiger partial charge in [0.25, 0.3) is 5.92 Å². The SMILES string of the molecule is CCN(CC(F)(F)c1ccccc1)C1COCC1C(=O)O. The molecule has 0 spiro atoms. The number of rotatable bonds is 6. The molecule has 1 aliphatic rings. The average Bonchev–Trinajstić information content (AvgIpc) is 2.95. The molecule has 2 rings (SSSR count). The Bertz CT molecular complexity index is 481. The van der Waals surface area contributed by atoms with E-state index in [9.17, 15) is 13.6 Å². The van der Waals surface area contributed by atoms with Crippen LogP contribution < -0.4 is 0 Å². The molecule has 4 nitrogen and oxygen atoms in total. The van der Waals surface area contributed by atoms with Crippen LogP contribution in [0.5, 0.6) is 0 Å². The molecule has 0 aliphatic carbocycles. The van der Waals surface area contributed by atoms with Gasteiger partial charge in [-0.15, -0.1) is 0 Å². The zero-order valence-corrected chi connectivity index (χ0v) is 11.8. The van der Waals surface area contributed by atoms with Gasteiger partial charge in [-0.2, -0.15) is 8.78 Å². The Morgan fingerprint density at radius 1 is 1.38 bits per heavy atom. The van der Waals surface area contributed by atoms with Crippen LogP contribution >= 0.6 is 0 Å². The van der Waals surface area contributed by atoms with Crippen molar-refractivity contribution in [2.75, 3.05) is 26.3 Å². The third-order valence-corrected chi connectivity index (χ3v) is 3.84. The largest absolute Gasteiger partial charge is 0.481 e. The van der Waals surface area contributed by atoms with Gasteiger partial charge in [-0.05, 0) is 6.54 Å². The third kappa shape index (κ3) is 3.57. The monoisotopic (exact) mass is 299 g/mol. The molecule has 1 aromatic carbocycles. The lowest BCUT2D eigenvalue weighted by Crippen LogP contribution is -2.47. The average molecular weight is 299 g/mol. The van der Waals surface area contributed by atoms with Crippen molar-refractivity contribution in [3.63, 3.8) is 0 Å². The van der Waals surface area contributed by atoms with Gasteiger partial charge in [0.1, 0.15) is 0 Å². The highest BCUT2D eigenvalue weighted by Gasteiger charge is 2.42. The molecule has 1 aromatic rings. The van der Waals surface area contributed by atoms with Gasteiger partial charge in [-0.1, -0.05) is 37.3 Å². The van der Waals surface area contributed by atoms with Crippen LogP contribution in [-0.4, -0.2) is 48.3 Å². The van der Waals surface area contributed by atoms with Gasteiger partial charge in [-0.3, -0.25) is 9.69 Å². The molecule has 21 heavy (non-hydrogen) atoms. The molecule has 0 aromatic heterocycles. The number of carbonyl (C=O) groups is 1. The molecule has 0 radical (unpaired) electrons. The minimum absolute atomic E-state index is 0.0609. The second-order valence-electron chi connectivity index (χ2n) is 5.18. The molecule has 0 amide bonds. The maximum Gasteiger partial charge on any atom is 0.310 e. The van der Waals surface area contributed by atoms with E-state index in [0.29, 0.717) is 6.54 Å². The lowest BCUT2D eigenvalue weighted by Gasteiger charge is -2.32. The van der Waals surface area contributed by atoms with Gasteiger partial charge in [-0.25, -0.2) is 0 Å². The molecule has 1 heterocycles. The van der Waals surface area contributed by atoms with Crippen LogP contribution in [0.25, 0.3) is 0 Å². The van der Waals surface area contributed by atoms with Gasteiger partial charge in [0.2, 0.25) is 0 Å². The second kappa shape index (κ2) is 6.49. The summed E-state index contributed by atoms with van der Waals surface area (Å²) in [6.45, 7) is 1.84. The number of likely N-dealkylation sites (N-methyl/N-ethyl adjacent to an activating group) is 1. The van der Waals surface area contributed by atoms with E-state index in [-0.39, 0.29) is 18.8 Å². The van der Waals surface area contributed by atoms with Crippen LogP contribution in [0.1, 0.15) is 12.5 Å². The Morgan fingerprint density at radius 2 is 2.05 bits per heavy atom. The number of nitrogens with zero attached hydrogens (tertiary/aromatic N) is 1. The van der Waals surface area contributed by atoms with Crippen LogP contribution in [-0.2, 0) is 15.5 Å². The standard InChI is InChI=1S/C15H19F2NO3/c1-2-18(13-9-21-8-12(13)14(19)20)10-15(16,17)11-6-4-3-5-7-11/h3-7,12-13H,2,8-10H2,1H3,(H,19,20). The first-order valence-electron chi connectivity index (χ1n) is 6.93. The van der Waals surface area contributed by atoms with Crippen LogP contribution in [0, 0.1) is 5.92 Å². The van der Waals surface area contributed by atoms with Crippen molar-refractivity contribution in [2.24, 2.45) is 5.92 Å². The summed E-state index contributed by atoms with van der Waals surface area (Å²) in [7, 11) is 0. The van der Waals surface area contributed by atoms with E-state index in [0.717, 1.165) is 0 Å². The molecule has 2 atom stereocenters. The molecule has 1 saturated heterocycles. The zero-order valence-electron chi connectivity index (χ0n) is 11.8. The smallest absolute Gasteiger partial charge is 0.310 e. The van der Waals surface area contributed by atoms with Gasteiger partial charge in [0.15, 0.2) is 0 Å². The van der Waals surface area contributed by atoms with Crippen LogP contribution in [0.3, 0.4) is 0 Å². The minimum Gasteiger partial charge on any atom is -0.481 e. The van der Waals surface area contributed by atoms with Crippen molar-refractivity contribution < 1.29 is 23.4 Å². The normalized spacial score (nSPS) is 22.7. The highest BCUT2D eigenvalue weighted by molar-refractivity contribution is 5.71. The summed E-state index contributed by atoms with van der Waals surface area (Å²) in [6, 6.07) is 7.07. The van der Waals surface area contributed by atoms with Crippen molar-refractivity contribution in [1.29, 1.82) is 0 Å². The lowest BCUT2D eigenvalue weighted by molar-refractivity contribution is -0.144. The molecule has 116 valence electrons. The Labute approximate surface area is 122 Å². The number of carboxylic acids is 1. The third-order valence-electron chi connectivity index (χ3n) is 3.84. The van der Waals surface area contributed by atoms with E-state index >= 15 is 0 Å². The number of benzene rings is 1. The first-order valence-corrected chi connectivity index (χ1v) is 6.93. The first kappa shape index (κ1) is 15.9. The van der Waals surface area contributed by atoms with Gasteiger partial charge in [0, 0.05) is 11.6 Å². The second-order valence-corrected chi connectivity index (χ2v) is 5.18. The van der Waals surface area contributed by atoms with Crippen molar-refractivity contribution in [2.45, 2.75) is 18.9 Å². The maximum atomic E-state index is 14.3. The highest BCUT2D eigenvalue weighted by atomic mass is 19.3. The number of alkyl halides is 2. The Hall–Kier alpha value is -1.53. The van der Waals surface area contributed by atoms with Crippen molar-refractivity contribution in [3.05, 3.63) is 35.9 Å². The predicted octanol–water partition coefficient (Wildman–Crippen LogP) is 2.20. The molecule has 1 N–H and O–H groups in total. The fraction of sp³-hybridized carbons (Fsp3) is 0.533. The number of hydrogen-bond donors (Lipinski definition) is 1. The van der Waals surface area contributed by atoms with Crippen molar-refractivity contribution >= 4 is 5.97 Å². The number of carboxylic acid groups (broad SMARTS) is 1. The predicted molar refractivity (Wildman–Crippen MR) is 73.3 cm³/mol. The zero-order chi connectivity index (χ0) is 15.5. The molecular weight excluding hydrogens is 280 g/mol. The fourth-order valence-corrected chi connectivity index (χ4v) is 2.63. The van der Waals surface area contributed by atoms with Gasteiger partial charge in [0.05, 0.1) is 25.7 Å². The van der Waals surface area contributed by atoms with E-state index < -0.39 is 30.4 Å². The number of hydrogen-bond acceptors (Lipinski definition) is 3. The Balaban J connectivity index is 2.13. The summed E-state index contributed by atoms with van der Waals surface area (Å²) in [6.07, 6.45) is 0. The summed E-state index contributed by atoms with van der Waals surface area (Å²) < 4.78 is 33.9. The molecule has 0 bridgehead atoms. The topological polar surface area (TPSA) is 49.8 Å². The highest BCUT2D eigenvalue weighted by Crippen LogP contribution is 2.31. The van der Waals surface area contributed by atoms with Crippen LogP contribution in [0.4, 0.5) is 8.78 Å². The Kier molecular flexibility index (Phi) is 4.90. The van der Waals surface area contributed by atoms with Crippen LogP contribution in [0.2, 0.25) is 0 Å². The molecule has 0 saturated carbocycles. The minimum atomic E-state index is -3.02. The maximum absolute atomic E-state index is 14.3. The van der Waals surface area contributed by atoms with E-state index in [4.69, 9.17) is 9.84 Å². The van der Waals surface area contributed by atoms with E-state index in [1.807, 2.05) is 0 Å². The number of ether oxygens (including phenoxy) is 1. The van der Waals surface area contributed by atoms with Crippen molar-refractivity contribution in [1.82, 2.24) is 4.90 Å². The summed E-state index contributed by atoms with van der Waals surface area (Å²) in [5.41, 5.74) is -0.0609. The summed E-state index contributed by atoms with van der Waals surface area (Å²) in [5.74, 6) is -4.78.